The highest BCUT2D eigenvalue weighted by Crippen LogP contribution is 2.22. The van der Waals surface area contributed by atoms with Crippen LogP contribution in [0.25, 0.3) is 0 Å². The summed E-state index contributed by atoms with van der Waals surface area (Å²) in [6.07, 6.45) is 0.927. The van der Waals surface area contributed by atoms with Gasteiger partial charge in [-0.15, -0.1) is 0 Å². The molecule has 1 atom stereocenters. The third-order valence-corrected chi connectivity index (χ3v) is 3.99. The van der Waals surface area contributed by atoms with Crippen molar-refractivity contribution in [3.05, 3.63) is 16.4 Å². The van der Waals surface area contributed by atoms with E-state index < -0.39 is 0 Å². The maximum absolute atomic E-state index is 6.18. The Balaban J connectivity index is 1.92. The van der Waals surface area contributed by atoms with Gasteiger partial charge in [0.25, 0.3) is 0 Å². The van der Waals surface area contributed by atoms with Crippen molar-refractivity contribution in [1.82, 2.24) is 15.1 Å². The largest absolute Gasteiger partial charge is 0.378 e. The van der Waals surface area contributed by atoms with E-state index >= 15 is 0 Å². The molecule has 2 heterocycles. The Bertz CT molecular complexity index is 414. The minimum absolute atomic E-state index is 0.192. The quantitative estimate of drug-likeness (QED) is 0.878. The predicted molar refractivity (Wildman–Crippen MR) is 69.8 cm³/mol. The smallest absolute Gasteiger partial charge is 0.131 e. The van der Waals surface area contributed by atoms with Crippen molar-refractivity contribution in [2.45, 2.75) is 25.5 Å². The third kappa shape index (κ3) is 2.69. The lowest BCUT2D eigenvalue weighted by atomic mass is 10.0. The summed E-state index contributed by atoms with van der Waals surface area (Å²) in [5.41, 5.74) is 1.82. The normalized spacial score (nSPS) is 23.8. The van der Waals surface area contributed by atoms with Gasteiger partial charge in [0.1, 0.15) is 10.8 Å². The van der Waals surface area contributed by atoms with Crippen LogP contribution in [0.5, 0.6) is 0 Å². The average Bonchev–Trinajstić information content (AvgIpc) is 2.91. The summed E-state index contributed by atoms with van der Waals surface area (Å²) in [4.78, 5) is 0. The number of halogens is 1. The van der Waals surface area contributed by atoms with Crippen molar-refractivity contribution < 1.29 is 9.47 Å². The predicted octanol–water partition coefficient (Wildman–Crippen LogP) is 1.28. The molecule has 0 aromatic carbocycles. The van der Waals surface area contributed by atoms with Crippen molar-refractivity contribution in [3.63, 3.8) is 0 Å². The highest BCUT2D eigenvalue weighted by molar-refractivity contribution is 6.30. The van der Waals surface area contributed by atoms with Gasteiger partial charge in [-0.2, -0.15) is 5.10 Å². The molecule has 1 aromatic rings. The molecule has 0 bridgehead atoms. The molecule has 1 fully saturated rings. The second-order valence-corrected chi connectivity index (χ2v) is 5.13. The molecule has 0 spiro atoms. The van der Waals surface area contributed by atoms with Crippen LogP contribution < -0.4 is 5.32 Å². The molecular formula is C12H20ClN3O2. The van der Waals surface area contributed by atoms with Crippen LogP contribution in [0.2, 0.25) is 5.15 Å². The number of nitrogens with one attached hydrogen (secondary N) is 1. The van der Waals surface area contributed by atoms with Crippen LogP contribution in [-0.4, -0.2) is 42.2 Å². The molecule has 1 aromatic heterocycles. The SMILES string of the molecule is COC1(CNCc2c(C)nn(C)c2Cl)CCOC1. The summed E-state index contributed by atoms with van der Waals surface area (Å²) < 4.78 is 12.7. The third-order valence-electron chi connectivity index (χ3n) is 3.52. The van der Waals surface area contributed by atoms with E-state index in [1.165, 1.54) is 0 Å². The Morgan fingerprint density at radius 3 is 2.89 bits per heavy atom. The van der Waals surface area contributed by atoms with Crippen LogP contribution in [-0.2, 0) is 23.1 Å². The van der Waals surface area contributed by atoms with Crippen LogP contribution in [0.1, 0.15) is 17.7 Å². The van der Waals surface area contributed by atoms with E-state index in [0.717, 1.165) is 30.8 Å². The second kappa shape index (κ2) is 5.57. The van der Waals surface area contributed by atoms with Crippen LogP contribution >= 0.6 is 11.6 Å². The fourth-order valence-electron chi connectivity index (χ4n) is 2.25. The number of ether oxygens (including phenoxy) is 2. The van der Waals surface area contributed by atoms with Gasteiger partial charge in [0.2, 0.25) is 0 Å². The Hall–Kier alpha value is -0.620. The molecule has 1 saturated heterocycles. The zero-order chi connectivity index (χ0) is 13.2. The van der Waals surface area contributed by atoms with Gasteiger partial charge in [-0.25, -0.2) is 0 Å². The molecule has 2 rings (SSSR count). The number of rotatable bonds is 5. The van der Waals surface area contributed by atoms with E-state index in [2.05, 4.69) is 10.4 Å². The van der Waals surface area contributed by atoms with Gasteiger partial charge in [-0.1, -0.05) is 11.6 Å². The Morgan fingerprint density at radius 1 is 1.61 bits per heavy atom. The number of aryl methyl sites for hydroxylation is 2. The van der Waals surface area contributed by atoms with E-state index in [1.54, 1.807) is 11.8 Å². The topological polar surface area (TPSA) is 48.3 Å². The Kier molecular flexibility index (Phi) is 4.27. The summed E-state index contributed by atoms with van der Waals surface area (Å²) >= 11 is 6.18. The molecule has 1 N–H and O–H groups in total. The lowest BCUT2D eigenvalue weighted by molar-refractivity contribution is -0.0159. The molecule has 5 nitrogen and oxygen atoms in total. The molecule has 1 unspecified atom stereocenters. The first-order chi connectivity index (χ1) is 8.58. The first-order valence-electron chi connectivity index (χ1n) is 6.09. The van der Waals surface area contributed by atoms with Crippen molar-refractivity contribution >= 4 is 11.6 Å². The highest BCUT2D eigenvalue weighted by Gasteiger charge is 2.34. The number of aromatic nitrogens is 2. The summed E-state index contributed by atoms with van der Waals surface area (Å²) in [5.74, 6) is 0. The van der Waals surface area contributed by atoms with Crippen LogP contribution in [0, 0.1) is 6.92 Å². The molecule has 102 valence electrons. The minimum Gasteiger partial charge on any atom is -0.378 e. The summed E-state index contributed by atoms with van der Waals surface area (Å²) in [5, 5.41) is 8.36. The van der Waals surface area contributed by atoms with Gasteiger partial charge in [0.15, 0.2) is 0 Å². The van der Waals surface area contributed by atoms with E-state index in [9.17, 15) is 0 Å². The molecular weight excluding hydrogens is 254 g/mol. The van der Waals surface area contributed by atoms with Gasteiger partial charge in [-0.05, 0) is 6.92 Å². The molecule has 1 aliphatic rings. The van der Waals surface area contributed by atoms with E-state index in [-0.39, 0.29) is 5.60 Å². The Morgan fingerprint density at radius 2 is 2.39 bits per heavy atom. The average molecular weight is 274 g/mol. The lowest BCUT2D eigenvalue weighted by Crippen LogP contribution is -2.42. The Labute approximate surface area is 112 Å². The van der Waals surface area contributed by atoms with Crippen molar-refractivity contribution in [2.75, 3.05) is 26.9 Å². The van der Waals surface area contributed by atoms with Crippen molar-refractivity contribution in [2.24, 2.45) is 7.05 Å². The van der Waals surface area contributed by atoms with Gasteiger partial charge in [0.05, 0.1) is 12.3 Å². The van der Waals surface area contributed by atoms with Crippen molar-refractivity contribution in [1.29, 1.82) is 0 Å². The molecule has 0 saturated carbocycles. The molecule has 1 aliphatic heterocycles. The highest BCUT2D eigenvalue weighted by atomic mass is 35.5. The van der Waals surface area contributed by atoms with Gasteiger partial charge in [-0.3, -0.25) is 4.68 Å². The summed E-state index contributed by atoms with van der Waals surface area (Å²) in [7, 11) is 3.58. The van der Waals surface area contributed by atoms with E-state index in [4.69, 9.17) is 21.1 Å². The van der Waals surface area contributed by atoms with E-state index in [1.807, 2.05) is 14.0 Å². The van der Waals surface area contributed by atoms with Crippen LogP contribution in [0.15, 0.2) is 0 Å². The first-order valence-corrected chi connectivity index (χ1v) is 6.47. The molecule has 18 heavy (non-hydrogen) atoms. The summed E-state index contributed by atoms with van der Waals surface area (Å²) in [6.45, 7) is 4.84. The van der Waals surface area contributed by atoms with Crippen LogP contribution in [0.4, 0.5) is 0 Å². The number of hydrogen-bond acceptors (Lipinski definition) is 4. The molecule has 0 amide bonds. The molecule has 6 heteroatoms. The zero-order valence-electron chi connectivity index (χ0n) is 11.1. The molecule has 0 radical (unpaired) electrons. The second-order valence-electron chi connectivity index (χ2n) is 4.77. The fourth-order valence-corrected chi connectivity index (χ4v) is 2.49. The fraction of sp³-hybridized carbons (Fsp3) is 0.750. The van der Waals surface area contributed by atoms with E-state index in [0.29, 0.717) is 18.3 Å². The van der Waals surface area contributed by atoms with Crippen LogP contribution in [0.3, 0.4) is 0 Å². The van der Waals surface area contributed by atoms with Gasteiger partial charge in [0, 0.05) is 45.8 Å². The minimum atomic E-state index is -0.192. The first kappa shape index (κ1) is 13.8. The monoisotopic (exact) mass is 273 g/mol. The maximum atomic E-state index is 6.18. The number of methoxy groups -OCH3 is 1. The standard InChI is InChI=1S/C12H20ClN3O2/c1-9-10(11(13)16(2)15-9)6-14-7-12(17-3)4-5-18-8-12/h14H,4-8H2,1-3H3. The zero-order valence-corrected chi connectivity index (χ0v) is 11.9. The lowest BCUT2D eigenvalue weighted by Gasteiger charge is -2.26. The maximum Gasteiger partial charge on any atom is 0.131 e. The number of hydrogen-bond donors (Lipinski definition) is 1. The van der Waals surface area contributed by atoms with Gasteiger partial charge >= 0.3 is 0 Å². The van der Waals surface area contributed by atoms with Crippen molar-refractivity contribution in [3.8, 4) is 0 Å². The number of nitrogens with zero attached hydrogens (tertiary/aromatic N) is 2. The summed E-state index contributed by atoms with van der Waals surface area (Å²) in [6, 6.07) is 0. The molecule has 0 aliphatic carbocycles. The van der Waals surface area contributed by atoms with Gasteiger partial charge < -0.3 is 14.8 Å².